The van der Waals surface area contributed by atoms with Gasteiger partial charge in [0.25, 0.3) is 0 Å². The van der Waals surface area contributed by atoms with Crippen LogP contribution in [0.5, 0.6) is 0 Å². The van der Waals surface area contributed by atoms with Crippen LogP contribution in [0.2, 0.25) is 0 Å². The minimum absolute atomic E-state index is 0.526. The molecule has 0 aromatic carbocycles. The normalized spacial score (nSPS) is 12.1. The highest BCUT2D eigenvalue weighted by Crippen LogP contribution is 1.96. The van der Waals surface area contributed by atoms with Gasteiger partial charge in [-0.3, -0.25) is 9.67 Å². The first-order valence-electron chi connectivity index (χ1n) is 5.59. The van der Waals surface area contributed by atoms with Crippen LogP contribution in [0.4, 0.5) is 0 Å². The Morgan fingerprint density at radius 2 is 2.38 bits per heavy atom. The Hall–Kier alpha value is -1.52. The molecule has 90 valence electrons. The molecule has 0 atom stereocenters. The lowest BCUT2D eigenvalue weighted by Gasteiger charge is -2.05. The van der Waals surface area contributed by atoms with Gasteiger partial charge in [-0.05, 0) is 17.9 Å². The molecule has 5 heteroatoms. The molecule has 0 radical (unpaired) electrons. The molecule has 1 aromatic heterocycles. The Bertz CT molecular complexity index is 340. The lowest BCUT2D eigenvalue weighted by atomic mass is 10.2. The second kappa shape index (κ2) is 6.15. The molecule has 0 bridgehead atoms. The third-order valence-corrected chi connectivity index (χ3v) is 2.10. The molecule has 5 nitrogen and oxygen atoms in total. The standard InChI is InChI=1S/C11H21N5/c1-9(2)6-14-11(12)13-5-4-10-7-15-16(3)8-10/h7-9H,4-6H2,1-3H3,(H3,12,13,14). The first kappa shape index (κ1) is 12.5. The first-order chi connectivity index (χ1) is 7.58. The lowest BCUT2D eigenvalue weighted by Crippen LogP contribution is -2.33. The zero-order valence-electron chi connectivity index (χ0n) is 10.3. The van der Waals surface area contributed by atoms with Gasteiger partial charge in [0.2, 0.25) is 0 Å². The Balaban J connectivity index is 2.22. The second-order valence-electron chi connectivity index (χ2n) is 4.32. The number of hydrogen-bond donors (Lipinski definition) is 2. The zero-order valence-corrected chi connectivity index (χ0v) is 10.3. The molecule has 0 saturated carbocycles. The van der Waals surface area contributed by atoms with Gasteiger partial charge >= 0.3 is 0 Å². The van der Waals surface area contributed by atoms with E-state index in [1.165, 1.54) is 5.56 Å². The predicted octanol–water partition coefficient (Wildman–Crippen LogP) is 0.523. The molecule has 0 aliphatic carbocycles. The predicted molar refractivity (Wildman–Crippen MR) is 66.2 cm³/mol. The molecular weight excluding hydrogens is 202 g/mol. The van der Waals surface area contributed by atoms with Crippen LogP contribution in [0.25, 0.3) is 0 Å². The van der Waals surface area contributed by atoms with Gasteiger partial charge in [0, 0.05) is 26.3 Å². The van der Waals surface area contributed by atoms with E-state index in [1.54, 1.807) is 4.68 Å². The smallest absolute Gasteiger partial charge is 0.188 e. The minimum Gasteiger partial charge on any atom is -0.370 e. The van der Waals surface area contributed by atoms with Gasteiger partial charge < -0.3 is 11.1 Å². The van der Waals surface area contributed by atoms with E-state index in [1.807, 2.05) is 19.4 Å². The van der Waals surface area contributed by atoms with Crippen LogP contribution < -0.4 is 11.1 Å². The van der Waals surface area contributed by atoms with Gasteiger partial charge in [0.15, 0.2) is 5.96 Å². The number of nitrogens with zero attached hydrogens (tertiary/aromatic N) is 3. The topological polar surface area (TPSA) is 68.2 Å². The third kappa shape index (κ3) is 4.82. The van der Waals surface area contributed by atoms with Gasteiger partial charge in [-0.25, -0.2) is 0 Å². The first-order valence-corrected chi connectivity index (χ1v) is 5.59. The lowest BCUT2D eigenvalue weighted by molar-refractivity contribution is 0.661. The maximum Gasteiger partial charge on any atom is 0.188 e. The maximum atomic E-state index is 5.71. The van der Waals surface area contributed by atoms with E-state index in [0.29, 0.717) is 11.9 Å². The highest BCUT2D eigenvalue weighted by atomic mass is 15.2. The SMILES string of the molecule is CC(C)CN=C(N)NCCc1cnn(C)c1. The van der Waals surface area contributed by atoms with Crippen molar-refractivity contribution in [2.24, 2.45) is 23.7 Å². The average molecular weight is 223 g/mol. The highest BCUT2D eigenvalue weighted by molar-refractivity contribution is 5.77. The number of aryl methyl sites for hydroxylation is 1. The molecule has 0 aliphatic rings. The minimum atomic E-state index is 0.526. The van der Waals surface area contributed by atoms with Crippen molar-refractivity contribution in [3.05, 3.63) is 18.0 Å². The number of rotatable bonds is 5. The summed E-state index contributed by atoms with van der Waals surface area (Å²) in [7, 11) is 1.91. The van der Waals surface area contributed by atoms with Crippen LogP contribution in [0.1, 0.15) is 19.4 Å². The maximum absolute atomic E-state index is 5.71. The second-order valence-corrected chi connectivity index (χ2v) is 4.32. The molecule has 0 amide bonds. The van der Waals surface area contributed by atoms with Gasteiger partial charge in [0.1, 0.15) is 0 Å². The molecule has 1 rings (SSSR count). The summed E-state index contributed by atoms with van der Waals surface area (Å²) in [6, 6.07) is 0. The zero-order chi connectivity index (χ0) is 12.0. The van der Waals surface area contributed by atoms with Gasteiger partial charge in [0.05, 0.1) is 6.20 Å². The summed E-state index contributed by atoms with van der Waals surface area (Å²) in [6.07, 6.45) is 4.78. The van der Waals surface area contributed by atoms with Crippen LogP contribution >= 0.6 is 0 Å². The van der Waals surface area contributed by atoms with E-state index in [9.17, 15) is 0 Å². The van der Waals surface area contributed by atoms with Crippen molar-refractivity contribution < 1.29 is 0 Å². The van der Waals surface area contributed by atoms with Gasteiger partial charge in [-0.2, -0.15) is 5.10 Å². The molecule has 0 unspecified atom stereocenters. The van der Waals surface area contributed by atoms with Crippen molar-refractivity contribution in [3.8, 4) is 0 Å². The van der Waals surface area contributed by atoms with Gasteiger partial charge in [-0.15, -0.1) is 0 Å². The highest BCUT2D eigenvalue weighted by Gasteiger charge is 1.97. The fourth-order valence-electron chi connectivity index (χ4n) is 1.27. The molecular formula is C11H21N5. The van der Waals surface area contributed by atoms with Gasteiger partial charge in [-0.1, -0.05) is 13.8 Å². The summed E-state index contributed by atoms with van der Waals surface area (Å²) < 4.78 is 1.80. The molecule has 1 aromatic rings. The molecule has 0 saturated heterocycles. The van der Waals surface area contributed by atoms with Crippen molar-refractivity contribution in [1.82, 2.24) is 15.1 Å². The molecule has 1 heterocycles. The summed E-state index contributed by atoms with van der Waals surface area (Å²) >= 11 is 0. The van der Waals surface area contributed by atoms with Crippen LogP contribution in [-0.2, 0) is 13.5 Å². The van der Waals surface area contributed by atoms with E-state index in [4.69, 9.17) is 5.73 Å². The van der Waals surface area contributed by atoms with E-state index in [2.05, 4.69) is 29.3 Å². The van der Waals surface area contributed by atoms with Crippen molar-refractivity contribution in [1.29, 1.82) is 0 Å². The molecule has 0 fully saturated rings. The van der Waals surface area contributed by atoms with E-state index >= 15 is 0 Å². The van der Waals surface area contributed by atoms with E-state index in [0.717, 1.165) is 19.5 Å². The molecule has 0 aliphatic heterocycles. The molecule has 0 spiro atoms. The fourth-order valence-corrected chi connectivity index (χ4v) is 1.27. The summed E-state index contributed by atoms with van der Waals surface area (Å²) in [5, 5.41) is 7.19. The Labute approximate surface area is 96.7 Å². The Morgan fingerprint density at radius 3 is 2.94 bits per heavy atom. The van der Waals surface area contributed by atoms with E-state index < -0.39 is 0 Å². The van der Waals surface area contributed by atoms with Crippen molar-refractivity contribution in [2.45, 2.75) is 20.3 Å². The quantitative estimate of drug-likeness (QED) is 0.565. The number of guanidine groups is 1. The number of nitrogens with one attached hydrogen (secondary N) is 1. The largest absolute Gasteiger partial charge is 0.370 e. The van der Waals surface area contributed by atoms with Crippen molar-refractivity contribution in [2.75, 3.05) is 13.1 Å². The third-order valence-electron chi connectivity index (χ3n) is 2.10. The summed E-state index contributed by atoms with van der Waals surface area (Å²) in [5.41, 5.74) is 6.91. The number of nitrogens with two attached hydrogens (primary N) is 1. The summed E-state index contributed by atoms with van der Waals surface area (Å²) in [4.78, 5) is 4.22. The fraction of sp³-hybridized carbons (Fsp3) is 0.636. The van der Waals surface area contributed by atoms with Crippen LogP contribution in [0.3, 0.4) is 0 Å². The summed E-state index contributed by atoms with van der Waals surface area (Å²) in [5.74, 6) is 1.07. The van der Waals surface area contributed by atoms with Crippen LogP contribution in [0, 0.1) is 5.92 Å². The van der Waals surface area contributed by atoms with E-state index in [-0.39, 0.29) is 0 Å². The summed E-state index contributed by atoms with van der Waals surface area (Å²) in [6.45, 7) is 5.80. The van der Waals surface area contributed by atoms with Crippen molar-refractivity contribution in [3.63, 3.8) is 0 Å². The monoisotopic (exact) mass is 223 g/mol. The average Bonchev–Trinajstić information content (AvgIpc) is 2.61. The molecule has 3 N–H and O–H groups in total. The van der Waals surface area contributed by atoms with Crippen molar-refractivity contribution >= 4 is 5.96 Å². The number of aliphatic imine (C=N–C) groups is 1. The Kier molecular flexibility index (Phi) is 4.82. The van der Waals surface area contributed by atoms with Crippen LogP contribution in [-0.4, -0.2) is 28.8 Å². The molecule has 16 heavy (non-hydrogen) atoms. The number of hydrogen-bond acceptors (Lipinski definition) is 2. The van der Waals surface area contributed by atoms with Crippen LogP contribution in [0.15, 0.2) is 17.4 Å². The Morgan fingerprint density at radius 1 is 1.62 bits per heavy atom. The number of aromatic nitrogens is 2.